The van der Waals surface area contributed by atoms with Crippen LogP contribution in [0.5, 0.6) is 0 Å². The Morgan fingerprint density at radius 3 is 2.54 bits per heavy atom. The van der Waals surface area contributed by atoms with Gasteiger partial charge in [0.15, 0.2) is 5.25 Å². The number of urea groups is 1. The number of hydrogen-bond donors (Lipinski definition) is 4. The van der Waals surface area contributed by atoms with Gasteiger partial charge in [-0.25, -0.2) is 9.59 Å². The van der Waals surface area contributed by atoms with Gasteiger partial charge in [-0.05, 0) is 25.7 Å². The van der Waals surface area contributed by atoms with Gasteiger partial charge in [-0.3, -0.25) is 23.8 Å². The third kappa shape index (κ3) is 7.54. The molecule has 4 N–H and O–H groups in total. The molecule has 0 aromatic rings. The molecule has 15 heteroatoms. The molecule has 4 atom stereocenters. The number of thioether (sulfide) groups is 1. The van der Waals surface area contributed by atoms with Gasteiger partial charge >= 0.3 is 12.0 Å². The number of rotatable bonds is 12. The Bertz CT molecular complexity index is 958. The molecule has 13 nitrogen and oxygen atoms in total. The van der Waals surface area contributed by atoms with Gasteiger partial charge in [0.1, 0.15) is 0 Å². The van der Waals surface area contributed by atoms with Crippen LogP contribution in [-0.2, 0) is 34.1 Å². The van der Waals surface area contributed by atoms with Crippen LogP contribution in [0.4, 0.5) is 4.79 Å². The lowest BCUT2D eigenvalue weighted by molar-refractivity contribution is -0.158. The van der Waals surface area contributed by atoms with E-state index in [1.807, 2.05) is 11.8 Å². The number of hydroxylamine groups is 1. The van der Waals surface area contributed by atoms with E-state index in [-0.39, 0.29) is 37.5 Å². The van der Waals surface area contributed by atoms with Crippen molar-refractivity contribution >= 4 is 51.6 Å². The first-order valence-corrected chi connectivity index (χ1v) is 14.1. The molecule has 3 fully saturated rings. The van der Waals surface area contributed by atoms with Crippen LogP contribution in [0.1, 0.15) is 57.8 Å². The van der Waals surface area contributed by atoms with E-state index in [4.69, 9.17) is 9.39 Å². The van der Waals surface area contributed by atoms with Crippen LogP contribution >= 0.6 is 11.8 Å². The van der Waals surface area contributed by atoms with Crippen LogP contribution in [0.15, 0.2) is 0 Å². The number of amides is 5. The van der Waals surface area contributed by atoms with Crippen molar-refractivity contribution in [3.8, 4) is 0 Å². The van der Waals surface area contributed by atoms with Crippen molar-refractivity contribution in [2.24, 2.45) is 0 Å². The zero-order valence-corrected chi connectivity index (χ0v) is 20.7. The summed E-state index contributed by atoms with van der Waals surface area (Å²) in [5, 5.41) is 4.40. The normalized spacial score (nSPS) is 25.9. The van der Waals surface area contributed by atoms with Gasteiger partial charge < -0.3 is 15.5 Å². The summed E-state index contributed by atoms with van der Waals surface area (Å²) in [4.78, 5) is 64.3. The number of carbonyl (C=O) groups excluding carboxylic acids is 5. The van der Waals surface area contributed by atoms with Crippen LogP contribution in [0.3, 0.4) is 0 Å². The second-order valence-electron chi connectivity index (χ2n) is 8.77. The Balaban J connectivity index is 1.20. The SMILES string of the molecule is O=C(CCCC[C@@H]1SC[C@@H]2NC(=O)N[C@@H]21)NOC(=O)CCCCCN1C(=O)CC(S(=O)(=O)O)C1=O. The van der Waals surface area contributed by atoms with E-state index < -0.39 is 45.5 Å². The summed E-state index contributed by atoms with van der Waals surface area (Å²) < 4.78 is 31.3. The number of likely N-dealkylation sites (tertiary alicyclic amines) is 1. The molecular formula is C20H30N4O9S2. The molecule has 35 heavy (non-hydrogen) atoms. The third-order valence-corrected chi connectivity index (χ3v) is 8.78. The van der Waals surface area contributed by atoms with Crippen molar-refractivity contribution in [1.29, 1.82) is 0 Å². The molecular weight excluding hydrogens is 504 g/mol. The fourth-order valence-corrected chi connectivity index (χ4v) is 6.61. The number of unbranched alkanes of at least 4 members (excludes halogenated alkanes) is 3. The predicted octanol–water partition coefficient (Wildman–Crippen LogP) is -0.138. The fourth-order valence-electron chi connectivity index (χ4n) is 4.33. The number of nitrogens with one attached hydrogen (secondary N) is 3. The molecule has 3 heterocycles. The maximum Gasteiger partial charge on any atom is 0.332 e. The van der Waals surface area contributed by atoms with E-state index >= 15 is 0 Å². The van der Waals surface area contributed by atoms with Crippen LogP contribution in [0, 0.1) is 0 Å². The molecule has 3 aliphatic heterocycles. The van der Waals surface area contributed by atoms with Gasteiger partial charge in [0.05, 0.1) is 18.5 Å². The lowest BCUT2D eigenvalue weighted by Gasteiger charge is -2.16. The molecule has 196 valence electrons. The number of carbonyl (C=O) groups is 5. The first-order valence-electron chi connectivity index (χ1n) is 11.5. The van der Waals surface area contributed by atoms with E-state index in [0.29, 0.717) is 30.9 Å². The molecule has 0 bridgehead atoms. The maximum atomic E-state index is 11.9. The summed E-state index contributed by atoms with van der Waals surface area (Å²) in [5.74, 6) is -1.73. The van der Waals surface area contributed by atoms with Gasteiger partial charge in [0.2, 0.25) is 5.91 Å². The Labute approximate surface area is 207 Å². The topological polar surface area (TPSA) is 188 Å². The molecule has 3 aliphatic rings. The van der Waals surface area contributed by atoms with Gasteiger partial charge in [-0.2, -0.15) is 25.7 Å². The van der Waals surface area contributed by atoms with Crippen LogP contribution in [0.2, 0.25) is 0 Å². The summed E-state index contributed by atoms with van der Waals surface area (Å²) in [6.07, 6.45) is 3.20. The Hall–Kier alpha value is -2.39. The molecule has 3 rings (SSSR count). The maximum absolute atomic E-state index is 11.9. The molecule has 5 amide bonds. The smallest absolute Gasteiger partial charge is 0.332 e. The second-order valence-corrected chi connectivity index (χ2v) is 11.6. The summed E-state index contributed by atoms with van der Waals surface area (Å²) in [5.41, 5.74) is 2.13. The molecule has 0 saturated carbocycles. The number of nitrogens with zero attached hydrogens (tertiary/aromatic N) is 1. The number of hydrogen-bond acceptors (Lipinski definition) is 9. The zero-order valence-electron chi connectivity index (χ0n) is 19.1. The highest BCUT2D eigenvalue weighted by molar-refractivity contribution is 8.00. The van der Waals surface area contributed by atoms with Crippen LogP contribution in [0.25, 0.3) is 0 Å². The van der Waals surface area contributed by atoms with Crippen molar-refractivity contribution in [2.75, 3.05) is 12.3 Å². The van der Waals surface area contributed by atoms with Gasteiger partial charge in [0, 0.05) is 30.4 Å². The van der Waals surface area contributed by atoms with Crippen molar-refractivity contribution in [3.05, 3.63) is 0 Å². The Kier molecular flexibility index (Phi) is 9.35. The monoisotopic (exact) mass is 534 g/mol. The van der Waals surface area contributed by atoms with Crippen LogP contribution in [-0.4, -0.2) is 82.5 Å². The van der Waals surface area contributed by atoms with Crippen molar-refractivity contribution in [2.45, 2.75) is 80.4 Å². The van der Waals surface area contributed by atoms with Gasteiger partial charge in [-0.15, -0.1) is 0 Å². The van der Waals surface area contributed by atoms with E-state index in [1.54, 1.807) is 0 Å². The second kappa shape index (κ2) is 12.0. The number of fused-ring (bicyclic) bond motifs is 1. The van der Waals surface area contributed by atoms with E-state index in [2.05, 4.69) is 16.1 Å². The zero-order chi connectivity index (χ0) is 25.6. The first-order chi connectivity index (χ1) is 16.6. The lowest BCUT2D eigenvalue weighted by atomic mass is 10.0. The Morgan fingerprint density at radius 2 is 1.83 bits per heavy atom. The molecule has 0 aromatic heterocycles. The van der Waals surface area contributed by atoms with E-state index in [1.165, 1.54) is 0 Å². The fraction of sp³-hybridized carbons (Fsp3) is 0.750. The summed E-state index contributed by atoms with van der Waals surface area (Å²) >= 11 is 1.81. The standard InChI is InChI=1S/C20H30N4O9S2/c25-15(7-4-3-6-13-18-12(11-34-13)21-20(29)22-18)23-33-17(27)8-2-1-5-9-24-16(26)10-14(19(24)28)35(30,31)32/h12-14,18H,1-11H2,(H,23,25)(H2,21,22,29)(H,30,31,32)/t12-,13-,14?,18-/m0/s1. The minimum absolute atomic E-state index is 0.000874. The highest BCUT2D eigenvalue weighted by Crippen LogP contribution is 2.33. The van der Waals surface area contributed by atoms with Crippen molar-refractivity contribution in [3.63, 3.8) is 0 Å². The van der Waals surface area contributed by atoms with Crippen molar-refractivity contribution in [1.82, 2.24) is 21.0 Å². The summed E-state index contributed by atoms with van der Waals surface area (Å²) in [6.45, 7) is -0.000874. The summed E-state index contributed by atoms with van der Waals surface area (Å²) in [6, 6.07) is 0.173. The Morgan fingerprint density at radius 1 is 1.09 bits per heavy atom. The lowest BCUT2D eigenvalue weighted by Crippen LogP contribution is -2.36. The average molecular weight is 535 g/mol. The van der Waals surface area contributed by atoms with E-state index in [0.717, 1.165) is 23.5 Å². The molecule has 1 unspecified atom stereocenters. The first kappa shape index (κ1) is 27.2. The quantitative estimate of drug-likeness (QED) is 0.0862. The minimum atomic E-state index is -4.62. The molecule has 3 saturated heterocycles. The molecule has 0 radical (unpaired) electrons. The van der Waals surface area contributed by atoms with Crippen LogP contribution < -0.4 is 16.1 Å². The molecule has 0 aliphatic carbocycles. The summed E-state index contributed by atoms with van der Waals surface area (Å²) in [7, 11) is -4.62. The highest BCUT2D eigenvalue weighted by atomic mass is 32.2. The van der Waals surface area contributed by atoms with Gasteiger partial charge in [0.25, 0.3) is 21.9 Å². The largest absolute Gasteiger partial charge is 0.341 e. The van der Waals surface area contributed by atoms with Crippen molar-refractivity contribution < 1.29 is 41.8 Å². The average Bonchev–Trinajstić information content (AvgIpc) is 3.42. The number of imide groups is 1. The molecule has 0 aromatic carbocycles. The third-order valence-electron chi connectivity index (χ3n) is 6.18. The predicted molar refractivity (Wildman–Crippen MR) is 123 cm³/mol. The van der Waals surface area contributed by atoms with Gasteiger partial charge in [-0.1, -0.05) is 12.8 Å². The minimum Gasteiger partial charge on any atom is -0.341 e. The molecule has 0 spiro atoms. The highest BCUT2D eigenvalue weighted by Gasteiger charge is 2.45. The van der Waals surface area contributed by atoms with E-state index in [9.17, 15) is 32.4 Å².